The van der Waals surface area contributed by atoms with Gasteiger partial charge in [-0.3, -0.25) is 0 Å². The van der Waals surface area contributed by atoms with Crippen molar-refractivity contribution in [3.05, 3.63) is 89.0 Å². The molecule has 0 aliphatic rings. The topological polar surface area (TPSA) is 79.1 Å². The van der Waals surface area contributed by atoms with E-state index in [1.165, 1.54) is 0 Å². The Balaban J connectivity index is 2.02. The number of carboxylic acid groups (broad SMARTS) is 1. The van der Waals surface area contributed by atoms with Crippen LogP contribution in [0.5, 0.6) is 5.75 Å². The van der Waals surface area contributed by atoms with E-state index >= 15 is 0 Å². The molecule has 2 N–H and O–H groups in total. The van der Waals surface area contributed by atoms with Gasteiger partial charge in [0.15, 0.2) is 0 Å². The van der Waals surface area contributed by atoms with Gasteiger partial charge in [0.1, 0.15) is 11.4 Å². The van der Waals surface area contributed by atoms with Crippen LogP contribution in [0, 0.1) is 11.8 Å². The molecule has 0 radical (unpaired) electrons. The van der Waals surface area contributed by atoms with Crippen molar-refractivity contribution < 1.29 is 19.8 Å². The summed E-state index contributed by atoms with van der Waals surface area (Å²) in [6.45, 7) is 5.70. The van der Waals surface area contributed by atoms with E-state index in [1.54, 1.807) is 24.4 Å². The zero-order valence-corrected chi connectivity index (χ0v) is 18.3. The fourth-order valence-electron chi connectivity index (χ4n) is 3.09. The van der Waals surface area contributed by atoms with Gasteiger partial charge in [-0.05, 0) is 67.3 Å². The molecule has 0 aliphatic heterocycles. The molecule has 0 bridgehead atoms. The minimum Gasteiger partial charge on any atom is -0.508 e. The molecule has 0 amide bonds. The number of aromatic hydroxyl groups is 1. The lowest BCUT2D eigenvalue weighted by Gasteiger charge is -2.15. The number of nitrogens with zero attached hydrogens (tertiary/aromatic N) is 1. The summed E-state index contributed by atoms with van der Waals surface area (Å²) in [6, 6.07) is 20.8. The molecule has 0 fully saturated rings. The molecular formula is C27H25NO4. The number of oxime groups is 1. The van der Waals surface area contributed by atoms with Crippen LogP contribution in [0.3, 0.4) is 0 Å². The summed E-state index contributed by atoms with van der Waals surface area (Å²) in [4.78, 5) is 16.3. The fraction of sp³-hybridized carbons (Fsp3) is 0.185. The molecule has 5 nitrogen and oxygen atoms in total. The van der Waals surface area contributed by atoms with Crippen molar-refractivity contribution in [1.29, 1.82) is 0 Å². The lowest BCUT2D eigenvalue weighted by Crippen LogP contribution is -2.15. The molecule has 0 unspecified atom stereocenters. The molecule has 0 heterocycles. The summed E-state index contributed by atoms with van der Waals surface area (Å²) in [7, 11) is 0. The second kappa shape index (κ2) is 9.84. The largest absolute Gasteiger partial charge is 0.508 e. The average Bonchev–Trinajstić information content (AvgIpc) is 2.74. The third-order valence-corrected chi connectivity index (χ3v) is 4.51. The Morgan fingerprint density at radius 3 is 2.50 bits per heavy atom. The zero-order valence-electron chi connectivity index (χ0n) is 18.3. The molecule has 0 atom stereocenters. The van der Waals surface area contributed by atoms with E-state index < -0.39 is 11.6 Å². The molecule has 32 heavy (non-hydrogen) atoms. The monoisotopic (exact) mass is 427 g/mol. The number of aliphatic carboxylic acids is 1. The fourth-order valence-corrected chi connectivity index (χ4v) is 3.09. The predicted molar refractivity (Wildman–Crippen MR) is 126 cm³/mol. The number of phenolic OH excluding ortho intramolecular Hbond substituents is 1. The Morgan fingerprint density at radius 2 is 1.81 bits per heavy atom. The summed E-state index contributed by atoms with van der Waals surface area (Å²) < 4.78 is 0. The molecule has 3 aromatic carbocycles. The number of hydrogen-bond donors (Lipinski definition) is 2. The van der Waals surface area contributed by atoms with Gasteiger partial charge in [-0.15, -0.1) is 0 Å². The summed E-state index contributed by atoms with van der Waals surface area (Å²) in [6.07, 6.45) is 2.19. The van der Waals surface area contributed by atoms with Crippen LogP contribution in [0.4, 0.5) is 0 Å². The van der Waals surface area contributed by atoms with Crippen molar-refractivity contribution in [1.82, 2.24) is 0 Å². The molecular weight excluding hydrogens is 402 g/mol. The van der Waals surface area contributed by atoms with Gasteiger partial charge in [-0.1, -0.05) is 53.5 Å². The Morgan fingerprint density at radius 1 is 1.06 bits per heavy atom. The SMILES string of the molecule is CC(C)(C)O/N=C/c1cc(C#CC(=O)O)ccc1-c1ccc(O)c(Cc2ccccc2)c1. The summed E-state index contributed by atoms with van der Waals surface area (Å²) >= 11 is 0. The number of rotatable bonds is 5. The first kappa shape index (κ1) is 22.6. The normalized spacial score (nSPS) is 11.1. The van der Waals surface area contributed by atoms with Crippen LogP contribution in [-0.2, 0) is 16.1 Å². The van der Waals surface area contributed by atoms with E-state index in [-0.39, 0.29) is 5.75 Å². The van der Waals surface area contributed by atoms with Gasteiger partial charge in [-0.2, -0.15) is 0 Å². The summed E-state index contributed by atoms with van der Waals surface area (Å²) in [5, 5.41) is 23.3. The average molecular weight is 428 g/mol. The van der Waals surface area contributed by atoms with Crippen molar-refractivity contribution in [2.24, 2.45) is 5.16 Å². The van der Waals surface area contributed by atoms with Gasteiger partial charge in [0.05, 0.1) is 6.21 Å². The summed E-state index contributed by atoms with van der Waals surface area (Å²) in [5.41, 5.74) is 4.49. The molecule has 0 spiro atoms. The van der Waals surface area contributed by atoms with Crippen LogP contribution < -0.4 is 0 Å². The molecule has 162 valence electrons. The molecule has 3 aromatic rings. The Hall–Kier alpha value is -4.04. The van der Waals surface area contributed by atoms with E-state index in [9.17, 15) is 9.90 Å². The minimum absolute atomic E-state index is 0.229. The van der Waals surface area contributed by atoms with E-state index in [4.69, 9.17) is 9.94 Å². The zero-order chi connectivity index (χ0) is 23.1. The van der Waals surface area contributed by atoms with Crippen LogP contribution in [0.2, 0.25) is 0 Å². The molecule has 0 saturated carbocycles. The van der Waals surface area contributed by atoms with Crippen molar-refractivity contribution in [3.8, 4) is 28.7 Å². The van der Waals surface area contributed by atoms with Gasteiger partial charge < -0.3 is 15.1 Å². The minimum atomic E-state index is -1.19. The number of carboxylic acids is 1. The van der Waals surface area contributed by atoms with Crippen molar-refractivity contribution in [2.75, 3.05) is 0 Å². The maximum Gasteiger partial charge on any atom is 0.382 e. The van der Waals surface area contributed by atoms with Crippen LogP contribution in [0.25, 0.3) is 11.1 Å². The lowest BCUT2D eigenvalue weighted by atomic mass is 9.94. The number of hydrogen-bond acceptors (Lipinski definition) is 4. The van der Waals surface area contributed by atoms with Crippen LogP contribution >= 0.6 is 0 Å². The maximum absolute atomic E-state index is 10.8. The highest BCUT2D eigenvalue weighted by atomic mass is 16.6. The van der Waals surface area contributed by atoms with Gasteiger partial charge in [-0.25, -0.2) is 4.79 Å². The quantitative estimate of drug-likeness (QED) is 0.332. The third-order valence-electron chi connectivity index (χ3n) is 4.51. The van der Waals surface area contributed by atoms with Crippen molar-refractivity contribution in [3.63, 3.8) is 0 Å². The molecule has 0 aliphatic carbocycles. The van der Waals surface area contributed by atoms with E-state index in [1.807, 2.05) is 69.3 Å². The van der Waals surface area contributed by atoms with Crippen molar-refractivity contribution in [2.45, 2.75) is 32.8 Å². The maximum atomic E-state index is 10.8. The van der Waals surface area contributed by atoms with E-state index in [2.05, 4.69) is 17.0 Å². The number of benzene rings is 3. The van der Waals surface area contributed by atoms with Gasteiger partial charge in [0, 0.05) is 23.5 Å². The lowest BCUT2D eigenvalue weighted by molar-refractivity contribution is -0.130. The van der Waals surface area contributed by atoms with Crippen LogP contribution in [0.15, 0.2) is 71.9 Å². The first-order valence-electron chi connectivity index (χ1n) is 10.2. The molecule has 0 aromatic heterocycles. The van der Waals surface area contributed by atoms with Gasteiger partial charge in [0.25, 0.3) is 0 Å². The molecule has 5 heteroatoms. The first-order chi connectivity index (χ1) is 15.2. The highest BCUT2D eigenvalue weighted by Gasteiger charge is 2.12. The molecule has 3 rings (SSSR count). The number of phenols is 1. The highest BCUT2D eigenvalue weighted by Crippen LogP contribution is 2.30. The third kappa shape index (κ3) is 6.48. The summed E-state index contributed by atoms with van der Waals surface area (Å²) in [5.74, 6) is 3.80. The number of carbonyl (C=O) groups is 1. The van der Waals surface area contributed by atoms with Crippen molar-refractivity contribution >= 4 is 12.2 Å². The smallest absolute Gasteiger partial charge is 0.382 e. The Kier molecular flexibility index (Phi) is 6.97. The second-order valence-corrected chi connectivity index (χ2v) is 8.30. The van der Waals surface area contributed by atoms with E-state index in [0.717, 1.165) is 27.8 Å². The van der Waals surface area contributed by atoms with E-state index in [0.29, 0.717) is 12.0 Å². The van der Waals surface area contributed by atoms with Gasteiger partial charge in [0.2, 0.25) is 0 Å². The Bertz CT molecular complexity index is 1200. The first-order valence-corrected chi connectivity index (χ1v) is 10.2. The van der Waals surface area contributed by atoms with Crippen LogP contribution in [0.1, 0.15) is 43.0 Å². The predicted octanol–water partition coefficient (Wildman–Crippen LogP) is 5.24. The molecule has 0 saturated heterocycles. The second-order valence-electron chi connectivity index (χ2n) is 8.30. The van der Waals surface area contributed by atoms with Crippen LogP contribution in [-0.4, -0.2) is 28.0 Å². The standard InChI is InChI=1S/C27H25NO4/c1-27(2,3)32-28-18-23-16-20(10-14-26(30)31)9-12-24(23)21-11-13-25(29)22(17-21)15-19-7-5-4-6-8-19/h4-9,11-13,16-18,29H,15H2,1-3H3,(H,30,31)/b28-18+. The van der Waals surface area contributed by atoms with Gasteiger partial charge >= 0.3 is 5.97 Å². The highest BCUT2D eigenvalue weighted by molar-refractivity contribution is 5.92. The Labute approximate surface area is 188 Å².